The number of aliphatic hydroxyl groups excluding tert-OH is 1. The molecule has 5 heteroatoms. The summed E-state index contributed by atoms with van der Waals surface area (Å²) in [5.41, 5.74) is -0.0451. The Kier molecular flexibility index (Phi) is 4.76. The number of carbonyl (C=O) groups is 1. The first-order chi connectivity index (χ1) is 10.6. The Labute approximate surface area is 133 Å². The normalized spacial score (nSPS) is 31.0. The van der Waals surface area contributed by atoms with Gasteiger partial charge in [-0.2, -0.15) is 0 Å². The number of nitrogens with zero attached hydrogens (tertiary/aromatic N) is 2. The monoisotopic (exact) mass is 310 g/mol. The smallest absolute Gasteiger partial charge is 0.236 e. The van der Waals surface area contributed by atoms with Crippen molar-refractivity contribution < 1.29 is 14.6 Å². The van der Waals surface area contributed by atoms with Crippen molar-refractivity contribution >= 4 is 5.91 Å². The summed E-state index contributed by atoms with van der Waals surface area (Å²) < 4.78 is 5.80. The molecule has 3 fully saturated rings. The number of likely N-dealkylation sites (tertiary alicyclic amines) is 1. The number of aliphatic hydroxyl groups is 1. The molecular formula is C17H30N2O3. The van der Waals surface area contributed by atoms with Gasteiger partial charge in [-0.3, -0.25) is 9.69 Å². The first-order valence-corrected chi connectivity index (χ1v) is 8.92. The Balaban J connectivity index is 1.50. The summed E-state index contributed by atoms with van der Waals surface area (Å²) in [4.78, 5) is 16.7. The van der Waals surface area contributed by atoms with Crippen LogP contribution in [0.4, 0.5) is 0 Å². The topological polar surface area (TPSA) is 53.0 Å². The predicted molar refractivity (Wildman–Crippen MR) is 84.6 cm³/mol. The third-order valence-corrected chi connectivity index (χ3v) is 5.90. The Hall–Kier alpha value is -0.650. The summed E-state index contributed by atoms with van der Waals surface area (Å²) in [6.45, 7) is 7.96. The maximum Gasteiger partial charge on any atom is 0.236 e. The van der Waals surface area contributed by atoms with Gasteiger partial charge in [0.15, 0.2) is 0 Å². The molecule has 2 saturated carbocycles. The van der Waals surface area contributed by atoms with E-state index in [-0.39, 0.29) is 23.5 Å². The number of likely N-dealkylation sites (N-methyl/N-ethyl adjacent to an activating group) is 1. The summed E-state index contributed by atoms with van der Waals surface area (Å²) in [6.07, 6.45) is 5.00. The summed E-state index contributed by atoms with van der Waals surface area (Å²) in [5.74, 6) is 0.275. The third kappa shape index (κ3) is 2.91. The first-order valence-electron chi connectivity index (χ1n) is 8.92. The van der Waals surface area contributed by atoms with Crippen LogP contribution in [0.3, 0.4) is 0 Å². The lowest BCUT2D eigenvalue weighted by molar-refractivity contribution is -0.209. The van der Waals surface area contributed by atoms with Crippen molar-refractivity contribution in [2.75, 3.05) is 32.8 Å². The second-order valence-electron chi connectivity index (χ2n) is 7.12. The Bertz CT molecular complexity index is 401. The van der Waals surface area contributed by atoms with Gasteiger partial charge in [0.05, 0.1) is 18.8 Å². The number of carbonyl (C=O) groups excluding carboxylic acids is 1. The Morgan fingerprint density at radius 2 is 2.00 bits per heavy atom. The lowest BCUT2D eigenvalue weighted by Gasteiger charge is -2.56. The van der Waals surface area contributed by atoms with Crippen LogP contribution in [-0.4, -0.2) is 71.8 Å². The van der Waals surface area contributed by atoms with E-state index in [0.717, 1.165) is 38.9 Å². The van der Waals surface area contributed by atoms with Gasteiger partial charge < -0.3 is 14.7 Å². The van der Waals surface area contributed by atoms with Crippen molar-refractivity contribution in [1.29, 1.82) is 0 Å². The van der Waals surface area contributed by atoms with E-state index in [1.165, 1.54) is 12.8 Å². The van der Waals surface area contributed by atoms with Gasteiger partial charge in [0.2, 0.25) is 5.91 Å². The quantitative estimate of drug-likeness (QED) is 0.802. The van der Waals surface area contributed by atoms with Gasteiger partial charge in [-0.15, -0.1) is 0 Å². The average Bonchev–Trinajstić information content (AvgIpc) is 3.33. The molecule has 2 atom stereocenters. The summed E-state index contributed by atoms with van der Waals surface area (Å²) in [6, 6.07) is 0.504. The molecule has 2 aliphatic carbocycles. The molecule has 1 saturated heterocycles. The molecule has 0 radical (unpaired) electrons. The number of rotatable bonds is 6. The van der Waals surface area contributed by atoms with Crippen LogP contribution in [0.2, 0.25) is 0 Å². The molecular weight excluding hydrogens is 280 g/mol. The second-order valence-corrected chi connectivity index (χ2v) is 7.12. The minimum absolute atomic E-state index is 0.0451. The maximum absolute atomic E-state index is 12.4. The highest BCUT2D eigenvalue weighted by Crippen LogP contribution is 2.50. The van der Waals surface area contributed by atoms with E-state index in [4.69, 9.17) is 4.74 Å². The number of ether oxygens (including phenoxy) is 1. The molecule has 0 aromatic heterocycles. The van der Waals surface area contributed by atoms with Crippen molar-refractivity contribution in [2.45, 2.75) is 64.2 Å². The van der Waals surface area contributed by atoms with E-state index in [0.29, 0.717) is 19.2 Å². The largest absolute Gasteiger partial charge is 0.392 e. The number of piperidine rings is 1. The third-order valence-electron chi connectivity index (χ3n) is 5.90. The van der Waals surface area contributed by atoms with Gasteiger partial charge in [0.1, 0.15) is 0 Å². The second kappa shape index (κ2) is 6.46. The van der Waals surface area contributed by atoms with Crippen LogP contribution < -0.4 is 0 Å². The van der Waals surface area contributed by atoms with E-state index < -0.39 is 0 Å². The lowest BCUT2D eigenvalue weighted by Crippen LogP contribution is -2.62. The first kappa shape index (κ1) is 16.2. The number of hydrogen-bond donors (Lipinski definition) is 1. The number of amides is 1. The standard InChI is InChI=1S/C17H30N2O3/c1-3-19(13-5-6-13)16(21)12-18-9-7-17(8-10-18)14(20)11-15(17)22-4-2/h13-15,20H,3-12H2,1-2H3. The van der Waals surface area contributed by atoms with Crippen molar-refractivity contribution in [2.24, 2.45) is 5.41 Å². The molecule has 0 bridgehead atoms. The SMILES string of the molecule is CCOC1CC(O)C12CCN(CC(=O)N(CC)C1CC1)CC2. The molecule has 3 aliphatic rings. The van der Waals surface area contributed by atoms with E-state index in [9.17, 15) is 9.90 Å². The van der Waals surface area contributed by atoms with Crippen LogP contribution in [0, 0.1) is 5.41 Å². The van der Waals surface area contributed by atoms with Crippen LogP contribution in [0.5, 0.6) is 0 Å². The van der Waals surface area contributed by atoms with Gasteiger partial charge in [0.25, 0.3) is 0 Å². The van der Waals surface area contributed by atoms with Gasteiger partial charge in [0, 0.05) is 31.0 Å². The van der Waals surface area contributed by atoms with Gasteiger partial charge in [-0.05, 0) is 52.6 Å². The number of hydrogen-bond acceptors (Lipinski definition) is 4. The molecule has 1 heterocycles. The lowest BCUT2D eigenvalue weighted by atomic mass is 9.58. The highest BCUT2D eigenvalue weighted by Gasteiger charge is 2.56. The highest BCUT2D eigenvalue weighted by molar-refractivity contribution is 5.79. The summed E-state index contributed by atoms with van der Waals surface area (Å²) in [7, 11) is 0. The molecule has 126 valence electrons. The van der Waals surface area contributed by atoms with E-state index >= 15 is 0 Å². The molecule has 0 aromatic rings. The van der Waals surface area contributed by atoms with Crippen LogP contribution in [0.15, 0.2) is 0 Å². The zero-order valence-corrected chi connectivity index (χ0v) is 14.0. The molecule has 22 heavy (non-hydrogen) atoms. The fourth-order valence-corrected chi connectivity index (χ4v) is 4.25. The highest BCUT2D eigenvalue weighted by atomic mass is 16.5. The molecule has 1 N–H and O–H groups in total. The van der Waals surface area contributed by atoms with Gasteiger partial charge in [-0.1, -0.05) is 0 Å². The fraction of sp³-hybridized carbons (Fsp3) is 0.941. The maximum atomic E-state index is 12.4. The van der Waals surface area contributed by atoms with Crippen LogP contribution in [0.1, 0.15) is 46.0 Å². The van der Waals surface area contributed by atoms with Crippen molar-refractivity contribution in [3.05, 3.63) is 0 Å². The summed E-state index contributed by atoms with van der Waals surface area (Å²) >= 11 is 0. The molecule has 5 nitrogen and oxygen atoms in total. The Morgan fingerprint density at radius 3 is 2.50 bits per heavy atom. The van der Waals surface area contributed by atoms with E-state index in [1.807, 2.05) is 11.8 Å². The van der Waals surface area contributed by atoms with Crippen LogP contribution in [-0.2, 0) is 9.53 Å². The van der Waals surface area contributed by atoms with Crippen LogP contribution in [0.25, 0.3) is 0 Å². The van der Waals surface area contributed by atoms with Crippen molar-refractivity contribution in [3.8, 4) is 0 Å². The molecule has 2 unspecified atom stereocenters. The zero-order valence-electron chi connectivity index (χ0n) is 14.0. The van der Waals surface area contributed by atoms with Gasteiger partial charge >= 0.3 is 0 Å². The van der Waals surface area contributed by atoms with E-state index in [2.05, 4.69) is 11.8 Å². The minimum atomic E-state index is -0.222. The molecule has 3 rings (SSSR count). The molecule has 0 aromatic carbocycles. The van der Waals surface area contributed by atoms with Gasteiger partial charge in [-0.25, -0.2) is 0 Å². The Morgan fingerprint density at radius 1 is 1.32 bits per heavy atom. The molecule has 1 spiro atoms. The molecule has 1 amide bonds. The predicted octanol–water partition coefficient (Wildman–Crippen LogP) is 1.25. The van der Waals surface area contributed by atoms with Crippen molar-refractivity contribution in [3.63, 3.8) is 0 Å². The molecule has 1 aliphatic heterocycles. The van der Waals surface area contributed by atoms with Crippen molar-refractivity contribution in [1.82, 2.24) is 9.80 Å². The fourth-order valence-electron chi connectivity index (χ4n) is 4.25. The summed E-state index contributed by atoms with van der Waals surface area (Å²) in [5, 5.41) is 10.2. The van der Waals surface area contributed by atoms with E-state index in [1.54, 1.807) is 0 Å². The zero-order chi connectivity index (χ0) is 15.7. The van der Waals surface area contributed by atoms with Crippen LogP contribution >= 0.6 is 0 Å². The average molecular weight is 310 g/mol. The minimum Gasteiger partial charge on any atom is -0.392 e.